The van der Waals surface area contributed by atoms with Gasteiger partial charge in [0.2, 0.25) is 0 Å². The van der Waals surface area contributed by atoms with E-state index in [0.29, 0.717) is 11.3 Å². The van der Waals surface area contributed by atoms with Gasteiger partial charge in [-0.15, -0.1) is 0 Å². The molecule has 0 aliphatic rings. The van der Waals surface area contributed by atoms with Crippen molar-refractivity contribution in [3.63, 3.8) is 0 Å². The van der Waals surface area contributed by atoms with Gasteiger partial charge in [0.15, 0.2) is 0 Å². The van der Waals surface area contributed by atoms with Crippen LogP contribution in [0, 0.1) is 18.3 Å². The average Bonchev–Trinajstić information content (AvgIpc) is 2.45. The van der Waals surface area contributed by atoms with Crippen LogP contribution in [-0.4, -0.2) is 41.1 Å². The number of carbonyl (C=O) groups excluding carboxylic acids is 2. The largest absolute Gasteiger partial charge is 0.480 e. The summed E-state index contributed by atoms with van der Waals surface area (Å²) in [5.41, 5.74) is 0.628. The third kappa shape index (κ3) is 4.28. The number of nitrogens with one attached hydrogen (secondary N) is 1. The first kappa shape index (κ1) is 16.1. The number of nitrogens with zero attached hydrogens (tertiary/aromatic N) is 2. The standard InChI is InChI=1S/C13H13N3O5/c1-7-8(6-14)3-4-9(15-7)12(18)16-10(13(19)20)5-11(17)21-2/h3-4,10H,5H2,1-2H3,(H,16,18)(H,19,20)/t10-/m0/s1. The molecule has 1 aromatic heterocycles. The van der Waals surface area contributed by atoms with E-state index in [4.69, 9.17) is 10.4 Å². The van der Waals surface area contributed by atoms with Crippen molar-refractivity contribution in [2.45, 2.75) is 19.4 Å². The lowest BCUT2D eigenvalue weighted by atomic mass is 10.1. The molecular formula is C13H13N3O5. The van der Waals surface area contributed by atoms with Crippen molar-refractivity contribution >= 4 is 17.8 Å². The van der Waals surface area contributed by atoms with E-state index in [0.717, 1.165) is 7.11 Å². The van der Waals surface area contributed by atoms with Crippen molar-refractivity contribution in [3.8, 4) is 6.07 Å². The highest BCUT2D eigenvalue weighted by atomic mass is 16.5. The first-order valence-corrected chi connectivity index (χ1v) is 5.87. The fourth-order valence-corrected chi connectivity index (χ4v) is 1.49. The third-order valence-corrected chi connectivity index (χ3v) is 2.64. The summed E-state index contributed by atoms with van der Waals surface area (Å²) < 4.78 is 4.36. The molecule has 0 aromatic carbocycles. The van der Waals surface area contributed by atoms with Crippen LogP contribution in [0.4, 0.5) is 0 Å². The SMILES string of the molecule is COC(=O)C[C@H](NC(=O)c1ccc(C#N)c(C)n1)C(=O)O. The van der Waals surface area contributed by atoms with Crippen LogP contribution in [0.15, 0.2) is 12.1 Å². The Morgan fingerprint density at radius 1 is 1.48 bits per heavy atom. The minimum Gasteiger partial charge on any atom is -0.480 e. The topological polar surface area (TPSA) is 129 Å². The molecule has 0 fully saturated rings. The van der Waals surface area contributed by atoms with Gasteiger partial charge in [-0.3, -0.25) is 9.59 Å². The molecule has 1 atom stereocenters. The van der Waals surface area contributed by atoms with Gasteiger partial charge in [0.1, 0.15) is 17.8 Å². The number of carboxylic acid groups (broad SMARTS) is 1. The van der Waals surface area contributed by atoms with E-state index in [-0.39, 0.29) is 5.69 Å². The number of rotatable bonds is 5. The maximum Gasteiger partial charge on any atom is 0.326 e. The first-order chi connectivity index (χ1) is 9.88. The van der Waals surface area contributed by atoms with Gasteiger partial charge in [-0.05, 0) is 19.1 Å². The second-order valence-corrected chi connectivity index (χ2v) is 4.09. The van der Waals surface area contributed by atoms with Crippen LogP contribution in [0.3, 0.4) is 0 Å². The summed E-state index contributed by atoms with van der Waals surface area (Å²) in [6.07, 6.45) is -0.493. The number of aliphatic carboxylic acids is 1. The number of carboxylic acids is 1. The number of hydrogen-bond acceptors (Lipinski definition) is 6. The van der Waals surface area contributed by atoms with Gasteiger partial charge in [0.25, 0.3) is 5.91 Å². The van der Waals surface area contributed by atoms with E-state index in [9.17, 15) is 14.4 Å². The first-order valence-electron chi connectivity index (χ1n) is 5.87. The monoisotopic (exact) mass is 291 g/mol. The number of aryl methyl sites for hydroxylation is 1. The number of hydrogen-bond donors (Lipinski definition) is 2. The number of ether oxygens (including phenoxy) is 1. The molecule has 0 bridgehead atoms. The van der Waals surface area contributed by atoms with Crippen LogP contribution in [0.2, 0.25) is 0 Å². The summed E-state index contributed by atoms with van der Waals surface area (Å²) in [5.74, 6) is -2.87. The van der Waals surface area contributed by atoms with E-state index in [1.165, 1.54) is 12.1 Å². The van der Waals surface area contributed by atoms with Gasteiger partial charge in [-0.2, -0.15) is 5.26 Å². The van der Waals surface area contributed by atoms with Gasteiger partial charge < -0.3 is 15.2 Å². The Bertz CT molecular complexity index is 621. The summed E-state index contributed by atoms with van der Waals surface area (Å²) in [4.78, 5) is 37.9. The fraction of sp³-hybridized carbons (Fsp3) is 0.308. The summed E-state index contributed by atoms with van der Waals surface area (Å²) in [6, 6.07) is 3.20. The Morgan fingerprint density at radius 3 is 2.62 bits per heavy atom. The molecule has 1 heterocycles. The van der Waals surface area contributed by atoms with E-state index in [1.54, 1.807) is 6.92 Å². The van der Waals surface area contributed by atoms with Gasteiger partial charge in [-0.25, -0.2) is 9.78 Å². The van der Waals surface area contributed by atoms with E-state index >= 15 is 0 Å². The van der Waals surface area contributed by atoms with Crippen molar-refractivity contribution in [2.75, 3.05) is 7.11 Å². The van der Waals surface area contributed by atoms with Crippen LogP contribution in [0.25, 0.3) is 0 Å². The van der Waals surface area contributed by atoms with Crippen LogP contribution in [0.5, 0.6) is 0 Å². The predicted octanol–water partition coefficient (Wildman–Crippen LogP) is 0.00780. The minimum absolute atomic E-state index is 0.0392. The maximum atomic E-state index is 11.9. The van der Waals surface area contributed by atoms with E-state index in [1.807, 2.05) is 6.07 Å². The van der Waals surface area contributed by atoms with Crippen molar-refractivity contribution in [3.05, 3.63) is 29.1 Å². The number of esters is 1. The van der Waals surface area contributed by atoms with Crippen molar-refractivity contribution in [1.29, 1.82) is 5.26 Å². The molecule has 0 spiro atoms. The number of carbonyl (C=O) groups is 3. The molecule has 0 aliphatic carbocycles. The summed E-state index contributed by atoms with van der Waals surface area (Å²) in [6.45, 7) is 1.55. The van der Waals surface area contributed by atoms with Gasteiger partial charge >= 0.3 is 11.9 Å². The molecule has 0 unspecified atom stereocenters. The van der Waals surface area contributed by atoms with Gasteiger partial charge in [0.05, 0.1) is 24.8 Å². The number of amides is 1. The number of methoxy groups -OCH3 is 1. The molecule has 0 saturated heterocycles. The smallest absolute Gasteiger partial charge is 0.326 e. The zero-order valence-corrected chi connectivity index (χ0v) is 11.4. The molecule has 1 amide bonds. The highest BCUT2D eigenvalue weighted by molar-refractivity contribution is 5.96. The quantitative estimate of drug-likeness (QED) is 0.731. The zero-order valence-electron chi connectivity index (χ0n) is 11.4. The second-order valence-electron chi connectivity index (χ2n) is 4.09. The molecule has 0 saturated carbocycles. The Morgan fingerprint density at radius 2 is 2.14 bits per heavy atom. The zero-order chi connectivity index (χ0) is 16.0. The van der Waals surface area contributed by atoms with Crippen molar-refractivity contribution < 1.29 is 24.2 Å². The molecule has 8 nitrogen and oxygen atoms in total. The van der Waals surface area contributed by atoms with E-state index < -0.39 is 30.3 Å². The van der Waals surface area contributed by atoms with Crippen molar-refractivity contribution in [1.82, 2.24) is 10.3 Å². The Balaban J connectivity index is 2.87. The van der Waals surface area contributed by atoms with Crippen LogP contribution >= 0.6 is 0 Å². The molecular weight excluding hydrogens is 278 g/mol. The number of pyridine rings is 1. The highest BCUT2D eigenvalue weighted by Gasteiger charge is 2.24. The summed E-state index contributed by atoms with van der Waals surface area (Å²) in [5, 5.41) is 19.9. The van der Waals surface area contributed by atoms with Crippen LogP contribution in [0.1, 0.15) is 28.2 Å². The summed E-state index contributed by atoms with van der Waals surface area (Å²) >= 11 is 0. The van der Waals surface area contributed by atoms with Crippen LogP contribution in [-0.2, 0) is 14.3 Å². The Hall–Kier alpha value is -2.95. The molecule has 2 N–H and O–H groups in total. The molecule has 21 heavy (non-hydrogen) atoms. The Labute approximate surface area is 120 Å². The number of aromatic nitrogens is 1. The molecule has 110 valence electrons. The van der Waals surface area contributed by atoms with Crippen LogP contribution < -0.4 is 5.32 Å². The Kier molecular flexibility index (Phi) is 5.37. The molecule has 0 aliphatic heterocycles. The maximum absolute atomic E-state index is 11.9. The average molecular weight is 291 g/mol. The molecule has 1 aromatic rings. The third-order valence-electron chi connectivity index (χ3n) is 2.64. The lowest BCUT2D eigenvalue weighted by molar-refractivity contribution is -0.147. The lowest BCUT2D eigenvalue weighted by Gasteiger charge is -2.13. The molecule has 8 heteroatoms. The summed E-state index contributed by atoms with van der Waals surface area (Å²) in [7, 11) is 1.12. The minimum atomic E-state index is -1.41. The molecule has 0 radical (unpaired) electrons. The van der Waals surface area contributed by atoms with Gasteiger partial charge in [-0.1, -0.05) is 0 Å². The van der Waals surface area contributed by atoms with Crippen molar-refractivity contribution in [2.24, 2.45) is 0 Å². The normalized spacial score (nSPS) is 11.1. The second kappa shape index (κ2) is 7.00. The fourth-order valence-electron chi connectivity index (χ4n) is 1.49. The lowest BCUT2D eigenvalue weighted by Crippen LogP contribution is -2.42. The predicted molar refractivity (Wildman–Crippen MR) is 69.2 cm³/mol. The molecule has 1 rings (SSSR count). The number of nitriles is 1. The van der Waals surface area contributed by atoms with Gasteiger partial charge in [0, 0.05) is 0 Å². The van der Waals surface area contributed by atoms with E-state index in [2.05, 4.69) is 15.0 Å². The highest BCUT2D eigenvalue weighted by Crippen LogP contribution is 2.06.